The van der Waals surface area contributed by atoms with Gasteiger partial charge in [0.1, 0.15) is 0 Å². The smallest absolute Gasteiger partial charge is 0.261 e. The van der Waals surface area contributed by atoms with Crippen LogP contribution in [0, 0.1) is 0 Å². The van der Waals surface area contributed by atoms with Gasteiger partial charge in [0.25, 0.3) is 17.7 Å². The van der Waals surface area contributed by atoms with Crippen LogP contribution in [0.5, 0.6) is 0 Å². The Morgan fingerprint density at radius 3 is 2.41 bits per heavy atom. The number of fused-ring (bicyclic) bond motifs is 1. The van der Waals surface area contributed by atoms with Gasteiger partial charge >= 0.3 is 0 Å². The third-order valence-corrected chi connectivity index (χ3v) is 6.49. The van der Waals surface area contributed by atoms with Gasteiger partial charge in [0.2, 0.25) is 0 Å². The van der Waals surface area contributed by atoms with Crippen LogP contribution in [0.25, 0.3) is 0 Å². The predicted molar refractivity (Wildman–Crippen MR) is 121 cm³/mol. The molecule has 0 aromatic heterocycles. The minimum absolute atomic E-state index is 0.104. The second kappa shape index (κ2) is 8.74. The van der Waals surface area contributed by atoms with Crippen LogP contribution in [0.15, 0.2) is 42.5 Å². The Kier molecular flexibility index (Phi) is 5.66. The highest BCUT2D eigenvalue weighted by atomic mass is 16.5. The molecule has 0 spiro atoms. The standard InChI is InChI=1S/C25H27N3O4/c29-23(26-18-7-9-19(10-8-18)27-12-2-1-3-13-27)17-6-11-21-22(15-17)25(31)28(24(21)30)16-20-5-4-14-32-20/h6-11,15,20H,1-5,12-14,16H2,(H,26,29). The van der Waals surface area contributed by atoms with Crippen molar-refractivity contribution in [1.29, 1.82) is 0 Å². The fourth-order valence-electron chi connectivity index (χ4n) is 4.70. The number of carbonyl (C=O) groups is 3. The first-order chi connectivity index (χ1) is 15.6. The summed E-state index contributed by atoms with van der Waals surface area (Å²) in [7, 11) is 0. The minimum atomic E-state index is -0.360. The molecule has 2 aromatic carbocycles. The van der Waals surface area contributed by atoms with E-state index in [4.69, 9.17) is 4.74 Å². The molecule has 0 bridgehead atoms. The van der Waals surface area contributed by atoms with Gasteiger partial charge in [-0.2, -0.15) is 0 Å². The van der Waals surface area contributed by atoms with E-state index in [0.29, 0.717) is 23.4 Å². The molecule has 3 aliphatic rings. The molecule has 1 unspecified atom stereocenters. The fourth-order valence-corrected chi connectivity index (χ4v) is 4.70. The molecule has 3 heterocycles. The SMILES string of the molecule is O=C(Nc1ccc(N2CCCCC2)cc1)c1ccc2c(c1)C(=O)N(CC1CCCO1)C2=O. The van der Waals surface area contributed by atoms with Crippen LogP contribution in [0.3, 0.4) is 0 Å². The first kappa shape index (κ1) is 20.7. The van der Waals surface area contributed by atoms with E-state index in [0.717, 1.165) is 31.6 Å². The summed E-state index contributed by atoms with van der Waals surface area (Å²) in [5.74, 6) is -0.988. The number of amides is 3. The minimum Gasteiger partial charge on any atom is -0.376 e. The van der Waals surface area contributed by atoms with E-state index >= 15 is 0 Å². The third-order valence-electron chi connectivity index (χ3n) is 6.49. The molecule has 0 saturated carbocycles. The van der Waals surface area contributed by atoms with Gasteiger partial charge in [-0.3, -0.25) is 19.3 Å². The quantitative estimate of drug-likeness (QED) is 0.728. The molecule has 0 radical (unpaired) electrons. The number of nitrogens with one attached hydrogen (secondary N) is 1. The Morgan fingerprint density at radius 2 is 1.69 bits per heavy atom. The van der Waals surface area contributed by atoms with E-state index in [-0.39, 0.29) is 35.9 Å². The van der Waals surface area contributed by atoms with E-state index in [2.05, 4.69) is 10.2 Å². The summed E-state index contributed by atoms with van der Waals surface area (Å²) in [5, 5.41) is 2.89. The van der Waals surface area contributed by atoms with E-state index < -0.39 is 0 Å². The van der Waals surface area contributed by atoms with E-state index in [1.54, 1.807) is 12.1 Å². The van der Waals surface area contributed by atoms with Crippen molar-refractivity contribution in [2.24, 2.45) is 0 Å². The third kappa shape index (κ3) is 4.00. The first-order valence-corrected chi connectivity index (χ1v) is 11.4. The number of anilines is 2. The largest absolute Gasteiger partial charge is 0.376 e. The molecule has 2 fully saturated rings. The number of hydrogen-bond acceptors (Lipinski definition) is 5. The molecule has 1 atom stereocenters. The van der Waals surface area contributed by atoms with Gasteiger partial charge < -0.3 is 15.0 Å². The summed E-state index contributed by atoms with van der Waals surface area (Å²) in [6, 6.07) is 12.5. The van der Waals surface area contributed by atoms with Crippen molar-refractivity contribution in [3.63, 3.8) is 0 Å². The van der Waals surface area contributed by atoms with Gasteiger partial charge in [0, 0.05) is 36.6 Å². The molecule has 2 saturated heterocycles. The van der Waals surface area contributed by atoms with Crippen LogP contribution in [0.2, 0.25) is 0 Å². The number of ether oxygens (including phenoxy) is 1. The lowest BCUT2D eigenvalue weighted by Crippen LogP contribution is -2.36. The predicted octanol–water partition coefficient (Wildman–Crippen LogP) is 3.70. The van der Waals surface area contributed by atoms with Crippen molar-refractivity contribution in [3.05, 3.63) is 59.2 Å². The van der Waals surface area contributed by atoms with Gasteiger partial charge in [0.15, 0.2) is 0 Å². The van der Waals surface area contributed by atoms with Crippen molar-refractivity contribution < 1.29 is 19.1 Å². The Balaban J connectivity index is 1.27. The lowest BCUT2D eigenvalue weighted by Gasteiger charge is -2.28. The number of nitrogens with zero attached hydrogens (tertiary/aromatic N) is 2. The fraction of sp³-hybridized carbons (Fsp3) is 0.400. The highest BCUT2D eigenvalue weighted by Gasteiger charge is 2.38. The Bertz CT molecular complexity index is 1040. The van der Waals surface area contributed by atoms with Crippen LogP contribution in [-0.4, -0.2) is 55.0 Å². The van der Waals surface area contributed by atoms with Crippen LogP contribution < -0.4 is 10.2 Å². The highest BCUT2D eigenvalue weighted by molar-refractivity contribution is 6.22. The van der Waals surface area contributed by atoms with Crippen molar-refractivity contribution in [2.75, 3.05) is 36.5 Å². The maximum absolute atomic E-state index is 12.8. The maximum atomic E-state index is 12.8. The van der Waals surface area contributed by atoms with Gasteiger partial charge in [-0.15, -0.1) is 0 Å². The van der Waals surface area contributed by atoms with Crippen molar-refractivity contribution >= 4 is 29.1 Å². The first-order valence-electron chi connectivity index (χ1n) is 11.4. The molecule has 1 N–H and O–H groups in total. The summed E-state index contributed by atoms with van der Waals surface area (Å²) >= 11 is 0. The molecule has 5 rings (SSSR count). The molecule has 7 nitrogen and oxygen atoms in total. The van der Waals surface area contributed by atoms with Gasteiger partial charge in [-0.05, 0) is 74.6 Å². The number of hydrogen-bond donors (Lipinski definition) is 1. The number of piperidine rings is 1. The van der Waals surface area contributed by atoms with Gasteiger partial charge in [-0.1, -0.05) is 0 Å². The second-order valence-electron chi connectivity index (χ2n) is 8.67. The van der Waals surface area contributed by atoms with E-state index in [9.17, 15) is 14.4 Å². The zero-order chi connectivity index (χ0) is 22.1. The van der Waals surface area contributed by atoms with E-state index in [1.165, 1.54) is 30.2 Å². The number of rotatable bonds is 5. The van der Waals surface area contributed by atoms with Gasteiger partial charge in [-0.25, -0.2) is 0 Å². The van der Waals surface area contributed by atoms with Crippen LogP contribution in [-0.2, 0) is 4.74 Å². The molecular weight excluding hydrogens is 406 g/mol. The summed E-state index contributed by atoms with van der Waals surface area (Å²) in [6.45, 7) is 3.06. The molecule has 32 heavy (non-hydrogen) atoms. The average molecular weight is 434 g/mol. The summed E-state index contributed by atoms with van der Waals surface area (Å²) in [4.78, 5) is 41.9. The number of benzene rings is 2. The lowest BCUT2D eigenvalue weighted by atomic mass is 10.1. The molecule has 3 amide bonds. The summed E-state index contributed by atoms with van der Waals surface area (Å²) in [5.41, 5.74) is 2.83. The lowest BCUT2D eigenvalue weighted by molar-refractivity contribution is 0.0475. The van der Waals surface area contributed by atoms with E-state index in [1.807, 2.05) is 24.3 Å². The van der Waals surface area contributed by atoms with Crippen molar-refractivity contribution in [2.45, 2.75) is 38.2 Å². The zero-order valence-electron chi connectivity index (χ0n) is 18.0. The van der Waals surface area contributed by atoms with Crippen molar-refractivity contribution in [1.82, 2.24) is 4.90 Å². The average Bonchev–Trinajstić information content (AvgIpc) is 3.43. The van der Waals surface area contributed by atoms with Gasteiger partial charge in [0.05, 0.1) is 23.8 Å². The molecule has 0 aliphatic carbocycles. The van der Waals surface area contributed by atoms with Crippen LogP contribution in [0.1, 0.15) is 63.2 Å². The Labute approximate surface area is 187 Å². The molecule has 3 aliphatic heterocycles. The number of carbonyl (C=O) groups excluding carboxylic acids is 3. The van der Waals surface area contributed by atoms with Crippen LogP contribution in [0.4, 0.5) is 11.4 Å². The topological polar surface area (TPSA) is 79.0 Å². The molecule has 2 aromatic rings. The highest BCUT2D eigenvalue weighted by Crippen LogP contribution is 2.27. The summed E-state index contributed by atoms with van der Waals surface area (Å²) < 4.78 is 5.57. The molecule has 7 heteroatoms. The monoisotopic (exact) mass is 433 g/mol. The Hall–Kier alpha value is -3.19. The van der Waals surface area contributed by atoms with Crippen molar-refractivity contribution in [3.8, 4) is 0 Å². The maximum Gasteiger partial charge on any atom is 0.261 e. The normalized spacial score (nSPS) is 20.6. The molecule has 166 valence electrons. The zero-order valence-corrected chi connectivity index (χ0v) is 18.0. The second-order valence-corrected chi connectivity index (χ2v) is 8.67. The Morgan fingerprint density at radius 1 is 0.938 bits per heavy atom. The van der Waals surface area contributed by atoms with Crippen LogP contribution >= 0.6 is 0 Å². The molecular formula is C25H27N3O4. The summed E-state index contributed by atoms with van der Waals surface area (Å²) in [6.07, 6.45) is 5.39. The number of imide groups is 1.